The summed E-state index contributed by atoms with van der Waals surface area (Å²) < 4.78 is 14.7. The van der Waals surface area contributed by atoms with E-state index in [1.54, 1.807) is 31.3 Å². The second-order valence-electron chi connectivity index (χ2n) is 7.70. The Bertz CT molecular complexity index is 1170. The second-order valence-corrected chi connectivity index (χ2v) is 7.70. The molecule has 1 fully saturated rings. The number of pyridine rings is 2. The Hall–Kier alpha value is -3.26. The first-order chi connectivity index (χ1) is 14.4. The molecule has 1 atom stereocenters. The molecule has 0 unspecified atom stereocenters. The number of halogens is 1. The quantitative estimate of drug-likeness (QED) is 0.577. The number of nitrogens with zero attached hydrogens (tertiary/aromatic N) is 2. The third-order valence-electron chi connectivity index (χ3n) is 5.19. The van der Waals surface area contributed by atoms with Crippen LogP contribution >= 0.6 is 0 Å². The maximum absolute atomic E-state index is 13.2. The van der Waals surface area contributed by atoms with E-state index >= 15 is 0 Å². The summed E-state index contributed by atoms with van der Waals surface area (Å²) in [6.45, 7) is 1.30. The number of aliphatic hydroxyl groups excluding tert-OH is 1. The van der Waals surface area contributed by atoms with Crippen LogP contribution in [0, 0.1) is 5.82 Å². The van der Waals surface area contributed by atoms with Crippen LogP contribution in [0.2, 0.25) is 0 Å². The van der Waals surface area contributed by atoms with Crippen molar-refractivity contribution in [3.05, 3.63) is 69.4 Å². The number of aromatic nitrogens is 2. The number of hydrogen-bond donors (Lipinski definition) is 3. The zero-order valence-electron chi connectivity index (χ0n) is 16.4. The smallest absolute Gasteiger partial charge is 0.268 e. The number of hydrogen-bond acceptors (Lipinski definition) is 5. The highest BCUT2D eigenvalue weighted by atomic mass is 19.1. The largest absolute Gasteiger partial charge is 0.505 e. The second kappa shape index (κ2) is 7.87. The number of amides is 1. The van der Waals surface area contributed by atoms with E-state index in [0.29, 0.717) is 11.9 Å². The SMILES string of the molecule is C[C@@H](CO)NC(=O)c1c(O)c2ncc(Cc3ccc(F)cc3)cc2n(C2CC2)c1=O. The van der Waals surface area contributed by atoms with Crippen LogP contribution < -0.4 is 10.9 Å². The summed E-state index contributed by atoms with van der Waals surface area (Å²) in [5.74, 6) is -1.53. The molecule has 7 nitrogen and oxygen atoms in total. The zero-order valence-corrected chi connectivity index (χ0v) is 16.4. The van der Waals surface area contributed by atoms with Crippen molar-refractivity contribution in [2.45, 2.75) is 38.3 Å². The maximum atomic E-state index is 13.2. The molecule has 0 radical (unpaired) electrons. The molecule has 1 aliphatic rings. The molecule has 1 saturated carbocycles. The Morgan fingerprint density at radius 2 is 2.00 bits per heavy atom. The van der Waals surface area contributed by atoms with Gasteiger partial charge >= 0.3 is 0 Å². The summed E-state index contributed by atoms with van der Waals surface area (Å²) in [6, 6.07) is 7.30. The van der Waals surface area contributed by atoms with E-state index in [-0.39, 0.29) is 29.5 Å². The van der Waals surface area contributed by atoms with Gasteiger partial charge in [0, 0.05) is 18.3 Å². The lowest BCUT2D eigenvalue weighted by molar-refractivity contribution is 0.0917. The van der Waals surface area contributed by atoms with Gasteiger partial charge in [-0.2, -0.15) is 0 Å². The van der Waals surface area contributed by atoms with E-state index in [4.69, 9.17) is 5.11 Å². The monoisotopic (exact) mass is 411 g/mol. The van der Waals surface area contributed by atoms with Crippen LogP contribution in [0.5, 0.6) is 5.75 Å². The number of aromatic hydroxyl groups is 1. The fraction of sp³-hybridized carbons (Fsp3) is 0.318. The van der Waals surface area contributed by atoms with Crippen molar-refractivity contribution in [3.63, 3.8) is 0 Å². The highest BCUT2D eigenvalue weighted by Gasteiger charge is 2.31. The van der Waals surface area contributed by atoms with Crippen LogP contribution in [0.4, 0.5) is 4.39 Å². The van der Waals surface area contributed by atoms with Gasteiger partial charge < -0.3 is 20.1 Å². The molecule has 0 bridgehead atoms. The lowest BCUT2D eigenvalue weighted by Crippen LogP contribution is -2.39. The summed E-state index contributed by atoms with van der Waals surface area (Å²) in [6.07, 6.45) is 3.66. The van der Waals surface area contributed by atoms with Crippen LogP contribution in [-0.4, -0.2) is 38.3 Å². The van der Waals surface area contributed by atoms with Gasteiger partial charge in [-0.25, -0.2) is 4.39 Å². The zero-order chi connectivity index (χ0) is 21.4. The maximum Gasteiger partial charge on any atom is 0.268 e. The van der Waals surface area contributed by atoms with E-state index in [1.165, 1.54) is 16.7 Å². The van der Waals surface area contributed by atoms with Crippen molar-refractivity contribution in [2.75, 3.05) is 6.61 Å². The van der Waals surface area contributed by atoms with Crippen LogP contribution in [-0.2, 0) is 6.42 Å². The third kappa shape index (κ3) is 3.78. The number of carbonyl (C=O) groups excluding carboxylic acids is 1. The molecule has 3 aromatic rings. The minimum Gasteiger partial charge on any atom is -0.505 e. The fourth-order valence-electron chi connectivity index (χ4n) is 3.49. The molecule has 156 valence electrons. The van der Waals surface area contributed by atoms with E-state index in [9.17, 15) is 19.1 Å². The summed E-state index contributed by atoms with van der Waals surface area (Å²) in [4.78, 5) is 30.0. The van der Waals surface area contributed by atoms with Crippen LogP contribution in [0.25, 0.3) is 11.0 Å². The first kappa shape index (κ1) is 20.0. The van der Waals surface area contributed by atoms with Crippen molar-refractivity contribution in [2.24, 2.45) is 0 Å². The average Bonchev–Trinajstić information content (AvgIpc) is 3.54. The first-order valence-corrected chi connectivity index (χ1v) is 9.81. The Balaban J connectivity index is 1.81. The number of fused-ring (bicyclic) bond motifs is 1. The van der Waals surface area contributed by atoms with Crippen molar-refractivity contribution in [1.82, 2.24) is 14.9 Å². The molecule has 2 aromatic heterocycles. The van der Waals surface area contributed by atoms with Gasteiger partial charge in [0.1, 0.15) is 16.9 Å². The Labute approximate surface area is 171 Å². The lowest BCUT2D eigenvalue weighted by Gasteiger charge is -2.16. The Morgan fingerprint density at radius 3 is 2.63 bits per heavy atom. The third-order valence-corrected chi connectivity index (χ3v) is 5.19. The number of nitrogens with one attached hydrogen (secondary N) is 1. The summed E-state index contributed by atoms with van der Waals surface area (Å²) in [5, 5.41) is 22.4. The number of benzene rings is 1. The first-order valence-electron chi connectivity index (χ1n) is 9.81. The van der Waals surface area contributed by atoms with Crippen molar-refractivity contribution >= 4 is 16.9 Å². The van der Waals surface area contributed by atoms with E-state index < -0.39 is 23.3 Å². The minimum atomic E-state index is -0.743. The van der Waals surface area contributed by atoms with Crippen molar-refractivity contribution < 1.29 is 19.4 Å². The van der Waals surface area contributed by atoms with Gasteiger partial charge in [0.2, 0.25) is 0 Å². The molecule has 1 aromatic carbocycles. The van der Waals surface area contributed by atoms with Gasteiger partial charge in [0.15, 0.2) is 5.75 Å². The predicted octanol–water partition coefficient (Wildman–Crippen LogP) is 2.28. The molecule has 0 saturated heterocycles. The molecule has 3 N–H and O–H groups in total. The lowest BCUT2D eigenvalue weighted by atomic mass is 10.1. The topological polar surface area (TPSA) is 104 Å². The Kier molecular flexibility index (Phi) is 5.26. The van der Waals surface area contributed by atoms with E-state index in [0.717, 1.165) is 24.0 Å². The van der Waals surface area contributed by atoms with Gasteiger partial charge in [-0.05, 0) is 55.5 Å². The van der Waals surface area contributed by atoms with Crippen LogP contribution in [0.15, 0.2) is 41.3 Å². The van der Waals surface area contributed by atoms with Gasteiger partial charge in [-0.15, -0.1) is 0 Å². The van der Waals surface area contributed by atoms with Gasteiger partial charge in [-0.3, -0.25) is 14.6 Å². The van der Waals surface area contributed by atoms with Gasteiger partial charge in [-0.1, -0.05) is 12.1 Å². The Morgan fingerprint density at radius 1 is 1.30 bits per heavy atom. The molecule has 4 rings (SSSR count). The van der Waals surface area contributed by atoms with E-state index in [1.807, 2.05) is 0 Å². The van der Waals surface area contributed by atoms with Gasteiger partial charge in [0.25, 0.3) is 11.5 Å². The van der Waals surface area contributed by atoms with Crippen molar-refractivity contribution in [3.8, 4) is 5.75 Å². The van der Waals surface area contributed by atoms with Crippen LogP contribution in [0.3, 0.4) is 0 Å². The minimum absolute atomic E-state index is 0.0507. The average molecular weight is 411 g/mol. The summed E-state index contributed by atoms with van der Waals surface area (Å²) in [7, 11) is 0. The molecule has 1 aliphatic carbocycles. The molecular weight excluding hydrogens is 389 g/mol. The molecule has 30 heavy (non-hydrogen) atoms. The molecule has 2 heterocycles. The van der Waals surface area contributed by atoms with Gasteiger partial charge in [0.05, 0.1) is 12.1 Å². The fourth-order valence-corrected chi connectivity index (χ4v) is 3.49. The predicted molar refractivity (Wildman–Crippen MR) is 109 cm³/mol. The molecule has 0 aliphatic heterocycles. The highest BCUT2D eigenvalue weighted by molar-refractivity contribution is 6.01. The van der Waals surface area contributed by atoms with Crippen molar-refractivity contribution in [1.29, 1.82) is 0 Å². The number of aliphatic hydroxyl groups is 1. The number of rotatable bonds is 6. The standard InChI is InChI=1S/C22H22FN3O4/c1-12(11-27)25-21(29)18-20(28)19-17(26(22(18)30)16-6-7-16)9-14(10-24-19)8-13-2-4-15(23)5-3-13/h2-5,9-10,12,16,27-28H,6-8,11H2,1H3,(H,25,29)/t12-/m0/s1. The molecule has 0 spiro atoms. The van der Waals surface area contributed by atoms with E-state index in [2.05, 4.69) is 10.3 Å². The highest BCUT2D eigenvalue weighted by Crippen LogP contribution is 2.38. The summed E-state index contributed by atoms with van der Waals surface area (Å²) in [5.41, 5.74) is 1.38. The molecular formula is C22H22FN3O4. The summed E-state index contributed by atoms with van der Waals surface area (Å²) >= 11 is 0. The normalized spacial score (nSPS) is 14.6. The molecule has 8 heteroatoms. The molecule has 1 amide bonds. The number of carbonyl (C=O) groups is 1. The van der Waals surface area contributed by atoms with Crippen LogP contribution in [0.1, 0.15) is 47.3 Å².